The van der Waals surface area contributed by atoms with Gasteiger partial charge < -0.3 is 15.7 Å². The van der Waals surface area contributed by atoms with Crippen LogP contribution in [0.25, 0.3) is 0 Å². The van der Waals surface area contributed by atoms with Crippen LogP contribution in [0.1, 0.15) is 59.8 Å². The van der Waals surface area contributed by atoms with E-state index in [9.17, 15) is 9.59 Å². The summed E-state index contributed by atoms with van der Waals surface area (Å²) in [6, 6.07) is -0.305. The van der Waals surface area contributed by atoms with E-state index in [1.165, 1.54) is 0 Å². The summed E-state index contributed by atoms with van der Waals surface area (Å²) in [5, 5.41) is 15.1. The molecule has 0 heterocycles. The van der Waals surface area contributed by atoms with Gasteiger partial charge in [0.1, 0.15) is 6.04 Å². The minimum Gasteiger partial charge on any atom is -0.396 e. The van der Waals surface area contributed by atoms with Crippen LogP contribution in [0.4, 0.5) is 0 Å². The van der Waals surface area contributed by atoms with Crippen LogP contribution in [0, 0.1) is 17.8 Å². The highest BCUT2D eigenvalue weighted by atomic mass is 16.3. The Bertz CT molecular complexity index is 361. The quantitative estimate of drug-likeness (QED) is 0.671. The minimum atomic E-state index is -0.471. The van der Waals surface area contributed by atoms with Crippen molar-refractivity contribution < 1.29 is 14.7 Å². The van der Waals surface area contributed by atoms with E-state index >= 15 is 0 Å². The lowest BCUT2D eigenvalue weighted by atomic mass is 9.86. The lowest BCUT2D eigenvalue weighted by Gasteiger charge is -2.30. The molecule has 1 saturated carbocycles. The summed E-state index contributed by atoms with van der Waals surface area (Å²) < 4.78 is 0. The van der Waals surface area contributed by atoms with Crippen LogP contribution in [0.2, 0.25) is 0 Å². The predicted octanol–water partition coefficient (Wildman–Crippen LogP) is 1.84. The van der Waals surface area contributed by atoms with Gasteiger partial charge in [0.2, 0.25) is 11.8 Å². The number of hydrogen-bond acceptors (Lipinski definition) is 3. The summed E-state index contributed by atoms with van der Waals surface area (Å²) in [6.07, 6.45) is 4.16. The van der Waals surface area contributed by atoms with Crippen molar-refractivity contribution in [3.05, 3.63) is 0 Å². The second-order valence-electron chi connectivity index (χ2n) is 7.30. The van der Waals surface area contributed by atoms with Crippen LogP contribution in [-0.2, 0) is 9.59 Å². The van der Waals surface area contributed by atoms with Gasteiger partial charge in [0, 0.05) is 19.1 Å². The Labute approximate surface area is 134 Å². The molecule has 0 aromatic rings. The van der Waals surface area contributed by atoms with Crippen LogP contribution in [0.5, 0.6) is 0 Å². The van der Waals surface area contributed by atoms with Crippen LogP contribution in [-0.4, -0.2) is 35.6 Å². The minimum absolute atomic E-state index is 0.0601. The van der Waals surface area contributed by atoms with E-state index in [4.69, 9.17) is 5.11 Å². The van der Waals surface area contributed by atoms with Gasteiger partial charge >= 0.3 is 0 Å². The molecule has 1 aliphatic rings. The molecule has 0 aromatic carbocycles. The lowest BCUT2D eigenvalue weighted by Crippen LogP contribution is -2.52. The summed E-state index contributed by atoms with van der Waals surface area (Å²) in [6.45, 7) is 8.11. The number of rotatable bonds is 7. The zero-order valence-electron chi connectivity index (χ0n) is 14.4. The molecule has 0 spiro atoms. The molecule has 1 unspecified atom stereocenters. The van der Waals surface area contributed by atoms with E-state index < -0.39 is 6.04 Å². The summed E-state index contributed by atoms with van der Waals surface area (Å²) >= 11 is 0. The largest absolute Gasteiger partial charge is 0.396 e. The fourth-order valence-electron chi connectivity index (χ4n) is 2.92. The zero-order valence-corrected chi connectivity index (χ0v) is 14.4. The molecule has 1 atom stereocenters. The van der Waals surface area contributed by atoms with E-state index in [2.05, 4.69) is 10.6 Å². The molecule has 22 heavy (non-hydrogen) atoms. The third-order valence-electron chi connectivity index (χ3n) is 4.31. The molecule has 0 bridgehead atoms. The van der Waals surface area contributed by atoms with Crippen molar-refractivity contribution in [2.75, 3.05) is 6.61 Å². The molecule has 1 fully saturated rings. The third-order valence-corrected chi connectivity index (χ3v) is 4.31. The number of aliphatic hydroxyl groups is 1. The molecule has 1 aliphatic carbocycles. The Balaban J connectivity index is 2.50. The van der Waals surface area contributed by atoms with Gasteiger partial charge in [-0.1, -0.05) is 27.7 Å². The van der Waals surface area contributed by atoms with E-state index in [1.807, 2.05) is 27.7 Å². The van der Waals surface area contributed by atoms with Gasteiger partial charge in [-0.15, -0.1) is 0 Å². The van der Waals surface area contributed by atoms with E-state index in [-0.39, 0.29) is 36.3 Å². The van der Waals surface area contributed by atoms with Gasteiger partial charge in [0.15, 0.2) is 0 Å². The Kier molecular flexibility index (Phi) is 7.87. The molecule has 0 aliphatic heterocycles. The molecule has 0 radical (unpaired) electrons. The maximum absolute atomic E-state index is 12.5. The van der Waals surface area contributed by atoms with Crippen molar-refractivity contribution in [1.82, 2.24) is 10.6 Å². The maximum Gasteiger partial charge on any atom is 0.243 e. The molecule has 5 nitrogen and oxygen atoms in total. The monoisotopic (exact) mass is 312 g/mol. The summed E-state index contributed by atoms with van der Waals surface area (Å²) in [4.78, 5) is 24.4. The van der Waals surface area contributed by atoms with Crippen molar-refractivity contribution >= 4 is 11.8 Å². The highest BCUT2D eigenvalue weighted by Gasteiger charge is 2.28. The highest BCUT2D eigenvalue weighted by molar-refractivity contribution is 5.88. The number of carbonyl (C=O) groups excluding carboxylic acids is 2. The number of aliphatic hydroxyl groups excluding tert-OH is 1. The Morgan fingerprint density at radius 3 is 2.14 bits per heavy atom. The van der Waals surface area contributed by atoms with Crippen molar-refractivity contribution in [2.45, 2.75) is 71.9 Å². The van der Waals surface area contributed by atoms with Gasteiger partial charge in [-0.05, 0) is 43.4 Å². The predicted molar refractivity (Wildman–Crippen MR) is 87.2 cm³/mol. The fraction of sp³-hybridized carbons (Fsp3) is 0.882. The van der Waals surface area contributed by atoms with Gasteiger partial charge in [-0.25, -0.2) is 0 Å². The molecule has 5 heteroatoms. The van der Waals surface area contributed by atoms with E-state index in [0.29, 0.717) is 12.3 Å². The molecule has 0 aromatic heterocycles. The Morgan fingerprint density at radius 2 is 1.68 bits per heavy atom. The number of carbonyl (C=O) groups is 2. The molecule has 0 saturated heterocycles. The molecule has 2 amide bonds. The first-order valence-electron chi connectivity index (χ1n) is 8.54. The topological polar surface area (TPSA) is 78.4 Å². The summed E-state index contributed by atoms with van der Waals surface area (Å²) in [5.74, 6) is 0.571. The molecule has 1 rings (SSSR count). The second-order valence-corrected chi connectivity index (χ2v) is 7.30. The van der Waals surface area contributed by atoms with Crippen molar-refractivity contribution in [3.8, 4) is 0 Å². The molecule has 128 valence electrons. The number of amides is 2. The number of nitrogens with one attached hydrogen (secondary N) is 2. The summed E-state index contributed by atoms with van der Waals surface area (Å²) in [7, 11) is 0. The van der Waals surface area contributed by atoms with Crippen LogP contribution in [0.3, 0.4) is 0 Å². The van der Waals surface area contributed by atoms with Crippen molar-refractivity contribution in [1.29, 1.82) is 0 Å². The fourth-order valence-corrected chi connectivity index (χ4v) is 2.92. The smallest absolute Gasteiger partial charge is 0.243 e. The standard InChI is InChI=1S/C17H32N2O3/c1-11(2)9-15(21)19-16(12(3)4)17(22)18-14-7-5-13(10-20)6-8-14/h11-14,16,20H,5-10H2,1-4H3,(H,18,22)(H,19,21). The van der Waals surface area contributed by atoms with Gasteiger partial charge in [-0.3, -0.25) is 9.59 Å². The van der Waals surface area contributed by atoms with Crippen LogP contribution in [0.15, 0.2) is 0 Å². The molecular weight excluding hydrogens is 280 g/mol. The average Bonchev–Trinajstić information content (AvgIpc) is 2.44. The van der Waals surface area contributed by atoms with Crippen LogP contribution < -0.4 is 10.6 Å². The van der Waals surface area contributed by atoms with Crippen molar-refractivity contribution in [3.63, 3.8) is 0 Å². The normalized spacial score (nSPS) is 23.4. The third kappa shape index (κ3) is 6.34. The van der Waals surface area contributed by atoms with Gasteiger partial charge in [-0.2, -0.15) is 0 Å². The summed E-state index contributed by atoms with van der Waals surface area (Å²) in [5.41, 5.74) is 0. The Morgan fingerprint density at radius 1 is 1.09 bits per heavy atom. The van der Waals surface area contributed by atoms with Gasteiger partial charge in [0.05, 0.1) is 0 Å². The van der Waals surface area contributed by atoms with Crippen LogP contribution >= 0.6 is 0 Å². The first-order chi connectivity index (χ1) is 10.3. The first kappa shape index (κ1) is 18.9. The molecular formula is C17H32N2O3. The van der Waals surface area contributed by atoms with E-state index in [0.717, 1.165) is 25.7 Å². The van der Waals surface area contributed by atoms with Crippen molar-refractivity contribution in [2.24, 2.45) is 17.8 Å². The maximum atomic E-state index is 12.5. The zero-order chi connectivity index (χ0) is 16.7. The van der Waals surface area contributed by atoms with E-state index in [1.54, 1.807) is 0 Å². The van der Waals surface area contributed by atoms with Gasteiger partial charge in [0.25, 0.3) is 0 Å². The SMILES string of the molecule is CC(C)CC(=O)NC(C(=O)NC1CCC(CO)CC1)C(C)C. The lowest BCUT2D eigenvalue weighted by molar-refractivity contribution is -0.131. The first-order valence-corrected chi connectivity index (χ1v) is 8.54. The second kappa shape index (κ2) is 9.13. The number of hydrogen-bond donors (Lipinski definition) is 3. The average molecular weight is 312 g/mol. The highest BCUT2D eigenvalue weighted by Crippen LogP contribution is 2.23. The Hall–Kier alpha value is -1.10. The molecule has 3 N–H and O–H groups in total.